The second-order valence-corrected chi connectivity index (χ2v) is 8.14. The lowest BCUT2D eigenvalue weighted by atomic mass is 9.92. The molecule has 0 aliphatic heterocycles. The highest BCUT2D eigenvalue weighted by molar-refractivity contribution is 5.90. The summed E-state index contributed by atoms with van der Waals surface area (Å²) in [5.74, 6) is -0.0492. The third-order valence-corrected chi connectivity index (χ3v) is 5.63. The van der Waals surface area contributed by atoms with Gasteiger partial charge >= 0.3 is 12.1 Å². The van der Waals surface area contributed by atoms with Gasteiger partial charge in [0.15, 0.2) is 0 Å². The van der Waals surface area contributed by atoms with E-state index >= 15 is 0 Å². The zero-order chi connectivity index (χ0) is 24.7. The molecule has 7 heteroatoms. The van der Waals surface area contributed by atoms with Crippen molar-refractivity contribution in [2.75, 3.05) is 17.7 Å². The van der Waals surface area contributed by atoms with Gasteiger partial charge in [-0.25, -0.2) is 4.79 Å². The number of rotatable bonds is 9. The topological polar surface area (TPSA) is 50.4 Å². The van der Waals surface area contributed by atoms with E-state index in [1.165, 1.54) is 18.7 Å². The van der Waals surface area contributed by atoms with Crippen molar-refractivity contribution in [2.45, 2.75) is 45.2 Å². The van der Waals surface area contributed by atoms with E-state index in [1.54, 1.807) is 24.3 Å². The Morgan fingerprint density at radius 2 is 1.53 bits per heavy atom. The van der Waals surface area contributed by atoms with Gasteiger partial charge in [0, 0.05) is 22.7 Å². The molecule has 3 rings (SSSR count). The van der Waals surface area contributed by atoms with Crippen LogP contribution in [0.5, 0.6) is 0 Å². The third kappa shape index (κ3) is 6.53. The Labute approximate surface area is 198 Å². The fraction of sp³-hybridized carbons (Fsp3) is 0.296. The molecule has 0 bridgehead atoms. The zero-order valence-electron chi connectivity index (χ0n) is 19.5. The molecule has 0 aliphatic rings. The zero-order valence-corrected chi connectivity index (χ0v) is 19.5. The maximum atomic E-state index is 13.6. The number of esters is 1. The molecule has 180 valence electrons. The molecule has 0 fully saturated rings. The number of nitrogens with one attached hydrogen (secondary N) is 2. The van der Waals surface area contributed by atoms with Crippen molar-refractivity contribution >= 4 is 28.7 Å². The average Bonchev–Trinajstić information content (AvgIpc) is 2.82. The van der Waals surface area contributed by atoms with Gasteiger partial charge in [0.1, 0.15) is 0 Å². The van der Waals surface area contributed by atoms with E-state index in [2.05, 4.69) is 24.5 Å². The molecular formula is C27H29F3N2O2. The summed E-state index contributed by atoms with van der Waals surface area (Å²) in [6, 6.07) is 17.9. The SMILES string of the molecule is CCCC(CC)c1ccc(Nc2cc(Nc3cccc(C(=O)OC)c3)cc(C(F)(F)F)c2)cc1. The smallest absolute Gasteiger partial charge is 0.416 e. The number of alkyl halides is 3. The number of anilines is 4. The molecule has 0 aromatic heterocycles. The molecule has 0 aliphatic carbocycles. The third-order valence-electron chi connectivity index (χ3n) is 5.63. The van der Waals surface area contributed by atoms with E-state index in [-0.39, 0.29) is 5.69 Å². The fourth-order valence-electron chi connectivity index (χ4n) is 3.90. The van der Waals surface area contributed by atoms with E-state index in [0.717, 1.165) is 31.4 Å². The van der Waals surface area contributed by atoms with Crippen LogP contribution < -0.4 is 10.6 Å². The highest BCUT2D eigenvalue weighted by Crippen LogP contribution is 2.35. The summed E-state index contributed by atoms with van der Waals surface area (Å²) >= 11 is 0. The summed E-state index contributed by atoms with van der Waals surface area (Å²) in [5, 5.41) is 6.04. The Balaban J connectivity index is 1.87. The summed E-state index contributed by atoms with van der Waals surface area (Å²) < 4.78 is 45.4. The summed E-state index contributed by atoms with van der Waals surface area (Å²) in [6.07, 6.45) is -1.27. The summed E-state index contributed by atoms with van der Waals surface area (Å²) in [6.45, 7) is 4.31. The first kappa shape index (κ1) is 25.1. The first-order valence-corrected chi connectivity index (χ1v) is 11.3. The van der Waals surface area contributed by atoms with E-state index in [0.29, 0.717) is 28.5 Å². The molecule has 0 saturated heterocycles. The van der Waals surface area contributed by atoms with Crippen LogP contribution in [0.15, 0.2) is 66.7 Å². The van der Waals surface area contributed by atoms with Crippen molar-refractivity contribution in [1.29, 1.82) is 0 Å². The molecule has 34 heavy (non-hydrogen) atoms. The van der Waals surface area contributed by atoms with Gasteiger partial charge in [-0.15, -0.1) is 0 Å². The highest BCUT2D eigenvalue weighted by Gasteiger charge is 2.31. The van der Waals surface area contributed by atoms with Crippen LogP contribution in [0.2, 0.25) is 0 Å². The highest BCUT2D eigenvalue weighted by atomic mass is 19.4. The number of methoxy groups -OCH3 is 1. The number of ether oxygens (including phenoxy) is 1. The van der Waals surface area contributed by atoms with Gasteiger partial charge in [-0.1, -0.05) is 38.5 Å². The normalized spacial score (nSPS) is 12.2. The van der Waals surface area contributed by atoms with Gasteiger partial charge in [0.05, 0.1) is 18.2 Å². The number of hydrogen-bond donors (Lipinski definition) is 2. The molecule has 3 aromatic carbocycles. The molecule has 0 amide bonds. The van der Waals surface area contributed by atoms with Crippen LogP contribution in [0.4, 0.5) is 35.9 Å². The lowest BCUT2D eigenvalue weighted by Gasteiger charge is -2.17. The average molecular weight is 471 g/mol. The number of hydrogen-bond acceptors (Lipinski definition) is 4. The molecule has 0 radical (unpaired) electrons. The van der Waals surface area contributed by atoms with E-state index in [1.807, 2.05) is 24.3 Å². The van der Waals surface area contributed by atoms with Gasteiger partial charge < -0.3 is 15.4 Å². The van der Waals surface area contributed by atoms with Gasteiger partial charge in [0.25, 0.3) is 0 Å². The summed E-state index contributed by atoms with van der Waals surface area (Å²) in [4.78, 5) is 11.8. The first-order chi connectivity index (χ1) is 16.2. The van der Waals surface area contributed by atoms with Crippen molar-refractivity contribution in [3.05, 3.63) is 83.4 Å². The quantitative estimate of drug-likeness (QED) is 0.309. The van der Waals surface area contributed by atoms with E-state index < -0.39 is 17.7 Å². The second kappa shape index (κ2) is 11.1. The largest absolute Gasteiger partial charge is 0.465 e. The van der Waals surface area contributed by atoms with Crippen molar-refractivity contribution in [2.24, 2.45) is 0 Å². The van der Waals surface area contributed by atoms with Crippen LogP contribution in [0.1, 0.15) is 60.5 Å². The van der Waals surface area contributed by atoms with Gasteiger partial charge in [0.2, 0.25) is 0 Å². The maximum Gasteiger partial charge on any atom is 0.416 e. The molecule has 0 spiro atoms. The minimum absolute atomic E-state index is 0.241. The van der Waals surface area contributed by atoms with Gasteiger partial charge in [-0.2, -0.15) is 13.2 Å². The van der Waals surface area contributed by atoms with Crippen molar-refractivity contribution < 1.29 is 22.7 Å². The van der Waals surface area contributed by atoms with Crippen LogP contribution in [-0.2, 0) is 10.9 Å². The predicted octanol–water partition coefficient (Wildman–Crippen LogP) is 8.27. The van der Waals surface area contributed by atoms with Crippen molar-refractivity contribution in [3.63, 3.8) is 0 Å². The Morgan fingerprint density at radius 1 is 0.882 bits per heavy atom. The lowest BCUT2D eigenvalue weighted by molar-refractivity contribution is -0.137. The molecule has 0 heterocycles. The summed E-state index contributed by atoms with van der Waals surface area (Å²) in [5.41, 5.74) is 2.46. The molecule has 4 nitrogen and oxygen atoms in total. The second-order valence-electron chi connectivity index (χ2n) is 8.14. The predicted molar refractivity (Wildman–Crippen MR) is 130 cm³/mol. The fourth-order valence-corrected chi connectivity index (χ4v) is 3.90. The van der Waals surface area contributed by atoms with Crippen LogP contribution >= 0.6 is 0 Å². The molecule has 1 unspecified atom stereocenters. The Kier molecular flexibility index (Phi) is 8.21. The van der Waals surface area contributed by atoms with Crippen LogP contribution in [-0.4, -0.2) is 13.1 Å². The minimum Gasteiger partial charge on any atom is -0.465 e. The van der Waals surface area contributed by atoms with Crippen molar-refractivity contribution in [3.8, 4) is 0 Å². The first-order valence-electron chi connectivity index (χ1n) is 11.3. The molecule has 2 N–H and O–H groups in total. The van der Waals surface area contributed by atoms with Crippen LogP contribution in [0, 0.1) is 0 Å². The molecule has 0 saturated carbocycles. The number of carbonyl (C=O) groups is 1. The number of halogens is 3. The Morgan fingerprint density at radius 3 is 2.09 bits per heavy atom. The van der Waals surface area contributed by atoms with Crippen LogP contribution in [0.3, 0.4) is 0 Å². The lowest BCUT2D eigenvalue weighted by Crippen LogP contribution is -2.07. The maximum absolute atomic E-state index is 13.6. The van der Waals surface area contributed by atoms with Crippen molar-refractivity contribution in [1.82, 2.24) is 0 Å². The summed E-state index contributed by atoms with van der Waals surface area (Å²) in [7, 11) is 1.27. The monoisotopic (exact) mass is 470 g/mol. The van der Waals surface area contributed by atoms with Gasteiger partial charge in [-0.3, -0.25) is 0 Å². The molecule has 1 atom stereocenters. The van der Waals surface area contributed by atoms with Gasteiger partial charge in [-0.05, 0) is 72.9 Å². The Hall–Kier alpha value is -3.48. The standard InChI is InChI=1S/C27H29F3N2O2/c1-4-7-18(5-2)19-10-12-22(13-11-19)31-24-15-21(27(28,29)30)16-25(17-24)32-23-9-6-8-20(14-23)26(33)34-3/h6,8-18,31-32H,4-5,7H2,1-3H3. The molecular weight excluding hydrogens is 441 g/mol. The van der Waals surface area contributed by atoms with E-state index in [4.69, 9.17) is 4.74 Å². The minimum atomic E-state index is -4.51. The Bertz CT molecular complexity index is 1110. The van der Waals surface area contributed by atoms with Crippen LogP contribution in [0.25, 0.3) is 0 Å². The number of benzene rings is 3. The van der Waals surface area contributed by atoms with E-state index in [9.17, 15) is 18.0 Å². The molecule has 3 aromatic rings. The number of carbonyl (C=O) groups excluding carboxylic acids is 1.